The van der Waals surface area contributed by atoms with E-state index in [0.29, 0.717) is 0 Å². The van der Waals surface area contributed by atoms with Gasteiger partial charge in [-0.2, -0.15) is 0 Å². The predicted octanol–water partition coefficient (Wildman–Crippen LogP) is 4.26. The van der Waals surface area contributed by atoms with E-state index < -0.39 is 0 Å². The molecule has 112 valence electrons. The van der Waals surface area contributed by atoms with Crippen LogP contribution in [0.2, 0.25) is 0 Å². The highest BCUT2D eigenvalue weighted by Crippen LogP contribution is 2.40. The molecule has 21 heavy (non-hydrogen) atoms. The topological polar surface area (TPSA) is 34.2 Å². The monoisotopic (exact) mass is 320 g/mol. The van der Waals surface area contributed by atoms with Crippen molar-refractivity contribution in [3.63, 3.8) is 0 Å². The zero-order valence-corrected chi connectivity index (χ0v) is 14.2. The number of para-hydroxylation sites is 1. The number of nitrogens with one attached hydrogen (secondary N) is 1. The molecule has 0 amide bonds. The molecular formula is C16H20N2OS2. The zero-order valence-electron chi connectivity index (χ0n) is 12.6. The Labute approximate surface area is 134 Å². The van der Waals surface area contributed by atoms with Gasteiger partial charge in [0.05, 0.1) is 0 Å². The molecule has 1 aromatic carbocycles. The van der Waals surface area contributed by atoms with Crippen LogP contribution in [0.25, 0.3) is 0 Å². The van der Waals surface area contributed by atoms with Crippen molar-refractivity contribution in [3.8, 4) is 5.75 Å². The molecule has 0 bridgehead atoms. The maximum Gasteiger partial charge on any atom is 0.159 e. The minimum atomic E-state index is 0.0679. The molecule has 1 aliphatic rings. The van der Waals surface area contributed by atoms with Gasteiger partial charge in [-0.3, -0.25) is 0 Å². The standard InChI is InChI=1S/C16H20N2OS2/c1-16(2,3)18-9-11-8-17-15(21-11)13-10-20-14-7-5-4-6-12(14)19-13/h4-8,13,18H,9-10H2,1-3H3. The SMILES string of the molecule is CC(C)(C)NCc1cnc(C2CSc3ccccc3O2)s1. The molecule has 3 rings (SSSR count). The van der Waals surface area contributed by atoms with Gasteiger partial charge >= 0.3 is 0 Å². The molecule has 2 aromatic rings. The first kappa shape index (κ1) is 14.9. The van der Waals surface area contributed by atoms with E-state index in [1.807, 2.05) is 30.1 Å². The number of ether oxygens (including phenoxy) is 1. The van der Waals surface area contributed by atoms with Crippen molar-refractivity contribution < 1.29 is 4.74 Å². The minimum absolute atomic E-state index is 0.0679. The van der Waals surface area contributed by atoms with Crippen molar-refractivity contribution in [1.82, 2.24) is 10.3 Å². The van der Waals surface area contributed by atoms with Crippen LogP contribution in [-0.2, 0) is 6.54 Å². The third-order valence-corrected chi connectivity index (χ3v) is 5.36. The van der Waals surface area contributed by atoms with Gasteiger partial charge in [0.1, 0.15) is 10.8 Å². The van der Waals surface area contributed by atoms with Crippen LogP contribution in [0.3, 0.4) is 0 Å². The number of fused-ring (bicyclic) bond motifs is 1. The van der Waals surface area contributed by atoms with Crippen LogP contribution in [0.15, 0.2) is 35.4 Å². The number of thiazole rings is 1. The first-order valence-electron chi connectivity index (χ1n) is 7.09. The summed E-state index contributed by atoms with van der Waals surface area (Å²) in [6.07, 6.45) is 2.03. The van der Waals surface area contributed by atoms with Crippen molar-refractivity contribution in [3.05, 3.63) is 40.3 Å². The van der Waals surface area contributed by atoms with Crippen molar-refractivity contribution in [2.75, 3.05) is 5.75 Å². The van der Waals surface area contributed by atoms with E-state index in [4.69, 9.17) is 4.74 Å². The second-order valence-corrected chi connectivity index (χ2v) is 8.34. The molecule has 0 aliphatic carbocycles. The van der Waals surface area contributed by atoms with E-state index >= 15 is 0 Å². The predicted molar refractivity (Wildman–Crippen MR) is 89.2 cm³/mol. The normalized spacial score (nSPS) is 18.1. The summed E-state index contributed by atoms with van der Waals surface area (Å²) in [5.74, 6) is 1.90. The Bertz CT molecular complexity index is 619. The Morgan fingerprint density at radius 1 is 1.33 bits per heavy atom. The summed E-state index contributed by atoms with van der Waals surface area (Å²) in [7, 11) is 0. The number of benzene rings is 1. The van der Waals surface area contributed by atoms with Gasteiger partial charge in [0.15, 0.2) is 6.10 Å². The molecule has 1 N–H and O–H groups in total. The Hall–Kier alpha value is -1.04. The molecule has 2 heterocycles. The molecule has 0 saturated heterocycles. The number of hydrogen-bond donors (Lipinski definition) is 1. The van der Waals surface area contributed by atoms with Crippen LogP contribution in [0, 0.1) is 0 Å². The lowest BCUT2D eigenvalue weighted by Gasteiger charge is -2.23. The van der Waals surface area contributed by atoms with E-state index in [-0.39, 0.29) is 11.6 Å². The van der Waals surface area contributed by atoms with Crippen molar-refractivity contribution in [1.29, 1.82) is 0 Å². The summed E-state index contributed by atoms with van der Waals surface area (Å²) in [6, 6.07) is 8.21. The summed E-state index contributed by atoms with van der Waals surface area (Å²) in [4.78, 5) is 7.03. The van der Waals surface area contributed by atoms with Gasteiger partial charge < -0.3 is 10.1 Å². The Kier molecular flexibility index (Phi) is 4.24. The first-order chi connectivity index (χ1) is 10.0. The van der Waals surface area contributed by atoms with E-state index in [9.17, 15) is 0 Å². The number of nitrogens with zero attached hydrogens (tertiary/aromatic N) is 1. The second-order valence-electron chi connectivity index (χ2n) is 6.13. The summed E-state index contributed by atoms with van der Waals surface area (Å²) in [6.45, 7) is 7.38. The Morgan fingerprint density at radius 2 is 2.14 bits per heavy atom. The average Bonchev–Trinajstić information content (AvgIpc) is 2.93. The molecule has 1 unspecified atom stereocenters. The van der Waals surface area contributed by atoms with Crippen LogP contribution in [-0.4, -0.2) is 16.3 Å². The van der Waals surface area contributed by atoms with Gasteiger partial charge in [0.2, 0.25) is 0 Å². The average molecular weight is 320 g/mol. The molecule has 0 radical (unpaired) electrons. The third kappa shape index (κ3) is 3.78. The van der Waals surface area contributed by atoms with E-state index in [2.05, 4.69) is 43.2 Å². The van der Waals surface area contributed by atoms with E-state index in [1.165, 1.54) is 9.77 Å². The van der Waals surface area contributed by atoms with Gasteiger partial charge in [-0.05, 0) is 32.9 Å². The fourth-order valence-electron chi connectivity index (χ4n) is 2.05. The first-order valence-corrected chi connectivity index (χ1v) is 8.89. The van der Waals surface area contributed by atoms with Crippen LogP contribution in [0.1, 0.15) is 36.8 Å². The van der Waals surface area contributed by atoms with Gasteiger partial charge in [-0.1, -0.05) is 12.1 Å². The maximum absolute atomic E-state index is 6.08. The second kappa shape index (κ2) is 5.99. The maximum atomic E-state index is 6.08. The molecule has 3 nitrogen and oxygen atoms in total. The van der Waals surface area contributed by atoms with Gasteiger partial charge in [-0.15, -0.1) is 23.1 Å². The van der Waals surface area contributed by atoms with E-state index in [0.717, 1.165) is 23.1 Å². The number of hydrogen-bond acceptors (Lipinski definition) is 5. The van der Waals surface area contributed by atoms with Crippen molar-refractivity contribution >= 4 is 23.1 Å². The fourth-order valence-corrected chi connectivity index (χ4v) is 4.03. The highest BCUT2D eigenvalue weighted by atomic mass is 32.2. The van der Waals surface area contributed by atoms with Crippen LogP contribution in [0.4, 0.5) is 0 Å². The molecule has 5 heteroatoms. The summed E-state index contributed by atoms with van der Waals surface area (Å²) in [5, 5.41) is 4.57. The smallest absolute Gasteiger partial charge is 0.159 e. The lowest BCUT2D eigenvalue weighted by molar-refractivity contribution is 0.220. The molecular weight excluding hydrogens is 300 g/mol. The quantitative estimate of drug-likeness (QED) is 0.916. The molecule has 0 fully saturated rings. The number of thioether (sulfide) groups is 1. The zero-order chi connectivity index (χ0) is 14.9. The van der Waals surface area contributed by atoms with Crippen molar-refractivity contribution in [2.24, 2.45) is 0 Å². The Balaban J connectivity index is 1.67. The lowest BCUT2D eigenvalue weighted by Crippen LogP contribution is -2.34. The van der Waals surface area contributed by atoms with Crippen LogP contribution >= 0.6 is 23.1 Å². The molecule has 0 spiro atoms. The highest BCUT2D eigenvalue weighted by Gasteiger charge is 2.24. The number of rotatable bonds is 3. The van der Waals surface area contributed by atoms with Crippen LogP contribution in [0.5, 0.6) is 5.75 Å². The van der Waals surface area contributed by atoms with Gasteiger partial charge in [0, 0.05) is 33.8 Å². The van der Waals surface area contributed by atoms with Crippen LogP contribution < -0.4 is 10.1 Å². The molecule has 1 atom stereocenters. The number of aromatic nitrogens is 1. The molecule has 0 saturated carbocycles. The van der Waals surface area contributed by atoms with Gasteiger partial charge in [0.25, 0.3) is 0 Å². The summed E-state index contributed by atoms with van der Waals surface area (Å²) < 4.78 is 6.08. The minimum Gasteiger partial charge on any atom is -0.481 e. The highest BCUT2D eigenvalue weighted by molar-refractivity contribution is 7.99. The molecule has 1 aromatic heterocycles. The van der Waals surface area contributed by atoms with Crippen molar-refractivity contribution in [2.45, 2.75) is 43.9 Å². The van der Waals surface area contributed by atoms with Gasteiger partial charge in [-0.25, -0.2) is 4.98 Å². The van der Waals surface area contributed by atoms with E-state index in [1.54, 1.807) is 11.3 Å². The largest absolute Gasteiger partial charge is 0.481 e. The Morgan fingerprint density at radius 3 is 2.95 bits per heavy atom. The summed E-state index contributed by atoms with van der Waals surface area (Å²) >= 11 is 3.59. The third-order valence-electron chi connectivity index (χ3n) is 3.15. The fraction of sp³-hybridized carbons (Fsp3) is 0.438. The summed E-state index contributed by atoms with van der Waals surface area (Å²) in [5.41, 5.74) is 0.125. The molecule has 1 aliphatic heterocycles. The lowest BCUT2D eigenvalue weighted by atomic mass is 10.1.